The monoisotopic (exact) mass is 456 g/mol. The average molecular weight is 456 g/mol. The third kappa shape index (κ3) is 5.30. The van der Waals surface area contributed by atoms with Crippen molar-refractivity contribution in [2.24, 2.45) is 0 Å². The van der Waals surface area contributed by atoms with Gasteiger partial charge in [0.15, 0.2) is 11.6 Å². The van der Waals surface area contributed by atoms with E-state index in [-0.39, 0.29) is 0 Å². The van der Waals surface area contributed by atoms with Gasteiger partial charge in [-0.25, -0.2) is 0 Å². The molecule has 1 aliphatic carbocycles. The second-order valence-corrected chi connectivity index (χ2v) is 8.12. The van der Waals surface area contributed by atoms with E-state index in [9.17, 15) is 13.2 Å². The minimum atomic E-state index is -4.40. The fourth-order valence-electron chi connectivity index (χ4n) is 3.63. The Hall–Kier alpha value is -3.47. The molecule has 0 radical (unpaired) electrons. The van der Waals surface area contributed by atoms with Crippen molar-refractivity contribution in [3.8, 4) is 0 Å². The SMILES string of the molecule is FC(F)(F)c1cccc(/C=C/c2nc(Nc3cc(C4CC4)[nH]n3)nc(N3CCNCC3)n2)c1. The van der Waals surface area contributed by atoms with Crippen molar-refractivity contribution >= 4 is 29.9 Å². The zero-order valence-electron chi connectivity index (χ0n) is 17.7. The maximum atomic E-state index is 13.0. The van der Waals surface area contributed by atoms with Crippen molar-refractivity contribution in [3.05, 3.63) is 53.0 Å². The number of piperazine rings is 1. The van der Waals surface area contributed by atoms with Crippen molar-refractivity contribution in [3.63, 3.8) is 0 Å². The summed E-state index contributed by atoms with van der Waals surface area (Å²) in [6, 6.07) is 7.07. The number of nitrogens with zero attached hydrogens (tertiary/aromatic N) is 5. The predicted molar refractivity (Wildman–Crippen MR) is 119 cm³/mol. The number of H-pyrrole nitrogens is 1. The van der Waals surface area contributed by atoms with Crippen LogP contribution in [0.2, 0.25) is 0 Å². The third-order valence-electron chi connectivity index (χ3n) is 5.53. The fourth-order valence-corrected chi connectivity index (χ4v) is 3.63. The van der Waals surface area contributed by atoms with E-state index >= 15 is 0 Å². The second kappa shape index (κ2) is 8.81. The van der Waals surface area contributed by atoms with E-state index in [0.29, 0.717) is 35.0 Å². The van der Waals surface area contributed by atoms with Crippen LogP contribution < -0.4 is 15.5 Å². The number of nitrogens with one attached hydrogen (secondary N) is 3. The number of rotatable bonds is 6. The number of aromatic nitrogens is 5. The van der Waals surface area contributed by atoms with E-state index < -0.39 is 11.7 Å². The molecule has 1 aromatic carbocycles. The number of hydrogen-bond donors (Lipinski definition) is 3. The molecule has 3 heterocycles. The maximum Gasteiger partial charge on any atom is 0.416 e. The average Bonchev–Trinajstić information content (AvgIpc) is 3.57. The Morgan fingerprint density at radius 2 is 1.85 bits per heavy atom. The summed E-state index contributed by atoms with van der Waals surface area (Å²) in [4.78, 5) is 15.6. The summed E-state index contributed by atoms with van der Waals surface area (Å²) in [6.07, 6.45) is 1.08. The van der Waals surface area contributed by atoms with Gasteiger partial charge in [0.2, 0.25) is 11.9 Å². The highest BCUT2D eigenvalue weighted by Crippen LogP contribution is 2.39. The summed E-state index contributed by atoms with van der Waals surface area (Å²) in [5.41, 5.74) is 0.789. The van der Waals surface area contributed by atoms with Crippen LogP contribution in [0.1, 0.15) is 41.4 Å². The van der Waals surface area contributed by atoms with Crippen LogP contribution in [0.5, 0.6) is 0 Å². The number of halogens is 3. The molecule has 0 atom stereocenters. The number of hydrogen-bond acceptors (Lipinski definition) is 7. The minimum absolute atomic E-state index is 0.330. The molecule has 2 aliphatic rings. The van der Waals surface area contributed by atoms with Gasteiger partial charge in [0.05, 0.1) is 5.56 Å². The van der Waals surface area contributed by atoms with Crippen LogP contribution in [0.15, 0.2) is 30.3 Å². The van der Waals surface area contributed by atoms with E-state index in [2.05, 4.69) is 35.8 Å². The van der Waals surface area contributed by atoms with Gasteiger partial charge in [-0.05, 0) is 36.6 Å². The summed E-state index contributed by atoms with van der Waals surface area (Å²) in [5.74, 6) is 2.33. The molecule has 3 aromatic rings. The van der Waals surface area contributed by atoms with Gasteiger partial charge in [-0.3, -0.25) is 5.10 Å². The summed E-state index contributed by atoms with van der Waals surface area (Å²) in [6.45, 7) is 3.12. The first kappa shape index (κ1) is 21.4. The number of anilines is 3. The van der Waals surface area contributed by atoms with Gasteiger partial charge in [0, 0.05) is 43.9 Å². The molecule has 172 valence electrons. The van der Waals surface area contributed by atoms with E-state index in [1.807, 2.05) is 11.0 Å². The Morgan fingerprint density at radius 1 is 1.03 bits per heavy atom. The van der Waals surface area contributed by atoms with Crippen molar-refractivity contribution < 1.29 is 13.2 Å². The van der Waals surface area contributed by atoms with Gasteiger partial charge < -0.3 is 15.5 Å². The summed E-state index contributed by atoms with van der Waals surface area (Å²) in [7, 11) is 0. The lowest BCUT2D eigenvalue weighted by Crippen LogP contribution is -2.44. The number of benzene rings is 1. The van der Waals surface area contributed by atoms with Crippen LogP contribution in [0.3, 0.4) is 0 Å². The van der Waals surface area contributed by atoms with Gasteiger partial charge >= 0.3 is 6.18 Å². The topological polar surface area (TPSA) is 94.7 Å². The molecule has 3 N–H and O–H groups in total. The molecule has 2 fully saturated rings. The van der Waals surface area contributed by atoms with Crippen LogP contribution >= 0.6 is 0 Å². The van der Waals surface area contributed by atoms with Crippen LogP contribution in [0.25, 0.3) is 12.2 Å². The Balaban J connectivity index is 1.42. The fraction of sp³-hybridized carbons (Fsp3) is 0.364. The van der Waals surface area contributed by atoms with Gasteiger partial charge in [-0.2, -0.15) is 33.2 Å². The largest absolute Gasteiger partial charge is 0.416 e. The Morgan fingerprint density at radius 3 is 2.61 bits per heavy atom. The van der Waals surface area contributed by atoms with Crippen molar-refractivity contribution in [1.82, 2.24) is 30.5 Å². The molecule has 11 heteroatoms. The first-order chi connectivity index (χ1) is 15.9. The summed E-state index contributed by atoms with van der Waals surface area (Å²) in [5, 5.41) is 13.7. The quantitative estimate of drug-likeness (QED) is 0.519. The first-order valence-corrected chi connectivity index (χ1v) is 10.8. The molecular formula is C22H23F3N8. The molecule has 0 amide bonds. The first-order valence-electron chi connectivity index (χ1n) is 10.8. The smallest absolute Gasteiger partial charge is 0.338 e. The number of alkyl halides is 3. The Bertz CT molecular complexity index is 1150. The third-order valence-corrected chi connectivity index (χ3v) is 5.53. The maximum absolute atomic E-state index is 13.0. The second-order valence-electron chi connectivity index (χ2n) is 8.12. The van der Waals surface area contributed by atoms with Crippen molar-refractivity contribution in [2.75, 3.05) is 36.4 Å². The molecule has 33 heavy (non-hydrogen) atoms. The van der Waals surface area contributed by atoms with Gasteiger partial charge in [0.25, 0.3) is 0 Å². The molecule has 5 rings (SSSR count). The Kier molecular flexibility index (Phi) is 5.71. The zero-order chi connectivity index (χ0) is 22.8. The minimum Gasteiger partial charge on any atom is -0.338 e. The highest BCUT2D eigenvalue weighted by atomic mass is 19.4. The molecule has 1 aliphatic heterocycles. The lowest BCUT2D eigenvalue weighted by Gasteiger charge is -2.27. The molecule has 8 nitrogen and oxygen atoms in total. The zero-order valence-corrected chi connectivity index (χ0v) is 17.7. The van der Waals surface area contributed by atoms with E-state index in [1.54, 1.807) is 18.2 Å². The van der Waals surface area contributed by atoms with Gasteiger partial charge in [-0.15, -0.1) is 0 Å². The Labute approximate surface area is 188 Å². The van der Waals surface area contributed by atoms with Crippen LogP contribution in [0.4, 0.5) is 30.9 Å². The van der Waals surface area contributed by atoms with E-state index in [4.69, 9.17) is 0 Å². The number of aromatic amines is 1. The van der Waals surface area contributed by atoms with Crippen LogP contribution in [-0.2, 0) is 6.18 Å². The van der Waals surface area contributed by atoms with E-state index in [1.165, 1.54) is 6.07 Å². The predicted octanol–water partition coefficient (Wildman–Crippen LogP) is 3.81. The molecule has 0 spiro atoms. The van der Waals surface area contributed by atoms with Gasteiger partial charge in [0.1, 0.15) is 0 Å². The molecule has 0 unspecified atom stereocenters. The van der Waals surface area contributed by atoms with Crippen LogP contribution in [-0.4, -0.2) is 51.3 Å². The highest BCUT2D eigenvalue weighted by molar-refractivity contribution is 5.68. The van der Waals surface area contributed by atoms with E-state index in [0.717, 1.165) is 56.8 Å². The molecule has 1 saturated heterocycles. The molecule has 0 bridgehead atoms. The van der Waals surface area contributed by atoms with Gasteiger partial charge in [-0.1, -0.05) is 18.2 Å². The summed E-state index contributed by atoms with van der Waals surface area (Å²) >= 11 is 0. The molecule has 2 aromatic heterocycles. The summed E-state index contributed by atoms with van der Waals surface area (Å²) < 4.78 is 39.1. The van der Waals surface area contributed by atoms with Crippen LogP contribution in [0, 0.1) is 0 Å². The normalized spacial score (nSPS) is 17.0. The lowest BCUT2D eigenvalue weighted by atomic mass is 10.1. The highest BCUT2D eigenvalue weighted by Gasteiger charge is 2.30. The lowest BCUT2D eigenvalue weighted by molar-refractivity contribution is -0.137. The van der Waals surface area contributed by atoms with Crippen molar-refractivity contribution in [2.45, 2.75) is 24.9 Å². The van der Waals surface area contributed by atoms with Crippen molar-refractivity contribution in [1.29, 1.82) is 0 Å². The molecule has 1 saturated carbocycles. The standard InChI is InChI=1S/C22H23F3N8/c23-22(24,25)16-3-1-2-14(12-16)4-7-18-27-20(28-19-13-17(31-32-19)15-5-6-15)30-21(29-18)33-10-8-26-9-11-33/h1-4,7,12-13,15,26H,5-6,8-11H2,(H2,27,28,29,30,31,32)/b7-4+. The molecular weight excluding hydrogens is 433 g/mol.